The lowest BCUT2D eigenvalue weighted by atomic mass is 10.1. The molecule has 0 spiro atoms. The number of methoxy groups -OCH3 is 1. The molecule has 5 nitrogen and oxygen atoms in total. The number of hydrogen-bond acceptors (Lipinski definition) is 3. The number of halogens is 1. The van der Waals surface area contributed by atoms with E-state index >= 15 is 0 Å². The number of amides is 2. The average molecular weight is 361 g/mol. The van der Waals surface area contributed by atoms with Crippen LogP contribution < -0.4 is 10.6 Å². The SMILES string of the molecule is COCCCNC(=O)c1cccc(C(=O)Nc2ccc(Cl)cc2C)c1. The molecule has 132 valence electrons. The molecule has 2 aromatic carbocycles. The molecule has 0 unspecified atom stereocenters. The van der Waals surface area contributed by atoms with E-state index in [1.807, 2.05) is 6.92 Å². The third-order valence-electron chi connectivity index (χ3n) is 3.63. The Kier molecular flexibility index (Phi) is 6.98. The minimum Gasteiger partial charge on any atom is -0.385 e. The molecular formula is C19H21ClN2O3. The van der Waals surface area contributed by atoms with Gasteiger partial charge in [-0.3, -0.25) is 9.59 Å². The van der Waals surface area contributed by atoms with E-state index in [-0.39, 0.29) is 11.8 Å². The van der Waals surface area contributed by atoms with Gasteiger partial charge in [-0.2, -0.15) is 0 Å². The molecule has 2 N–H and O–H groups in total. The summed E-state index contributed by atoms with van der Waals surface area (Å²) in [5.74, 6) is -0.493. The van der Waals surface area contributed by atoms with E-state index < -0.39 is 0 Å². The fraction of sp³-hybridized carbons (Fsp3) is 0.263. The number of carbonyl (C=O) groups excluding carboxylic acids is 2. The summed E-state index contributed by atoms with van der Waals surface area (Å²) in [6.07, 6.45) is 0.734. The van der Waals surface area contributed by atoms with Crippen LogP contribution in [0.2, 0.25) is 5.02 Å². The summed E-state index contributed by atoms with van der Waals surface area (Å²) in [6.45, 7) is 2.97. The number of rotatable bonds is 7. The molecule has 6 heteroatoms. The van der Waals surface area contributed by atoms with Crippen molar-refractivity contribution in [3.8, 4) is 0 Å². The van der Waals surface area contributed by atoms with Crippen LogP contribution in [0.5, 0.6) is 0 Å². The lowest BCUT2D eigenvalue weighted by molar-refractivity contribution is 0.0948. The van der Waals surface area contributed by atoms with Gasteiger partial charge in [0.25, 0.3) is 11.8 Å². The molecule has 2 amide bonds. The molecular weight excluding hydrogens is 340 g/mol. The molecule has 0 heterocycles. The van der Waals surface area contributed by atoms with Gasteiger partial charge >= 0.3 is 0 Å². The van der Waals surface area contributed by atoms with Gasteiger partial charge in [0.05, 0.1) is 0 Å². The van der Waals surface area contributed by atoms with Crippen LogP contribution in [0.25, 0.3) is 0 Å². The van der Waals surface area contributed by atoms with E-state index in [0.717, 1.165) is 12.0 Å². The second kappa shape index (κ2) is 9.20. The van der Waals surface area contributed by atoms with Crippen LogP contribution in [0.4, 0.5) is 5.69 Å². The Morgan fingerprint density at radius 2 is 1.80 bits per heavy atom. The monoisotopic (exact) mass is 360 g/mol. The average Bonchev–Trinajstić information content (AvgIpc) is 2.61. The van der Waals surface area contributed by atoms with E-state index in [1.165, 1.54) is 0 Å². The molecule has 0 fully saturated rings. The topological polar surface area (TPSA) is 67.4 Å². The molecule has 0 aromatic heterocycles. The first kappa shape index (κ1) is 19.0. The highest BCUT2D eigenvalue weighted by Gasteiger charge is 2.11. The summed E-state index contributed by atoms with van der Waals surface area (Å²) < 4.78 is 4.94. The number of carbonyl (C=O) groups is 2. The first-order valence-electron chi connectivity index (χ1n) is 7.96. The molecule has 0 aliphatic heterocycles. The number of anilines is 1. The van der Waals surface area contributed by atoms with E-state index in [4.69, 9.17) is 16.3 Å². The Labute approximate surface area is 152 Å². The zero-order valence-electron chi connectivity index (χ0n) is 14.3. The number of aryl methyl sites for hydroxylation is 1. The number of benzene rings is 2. The maximum atomic E-state index is 12.4. The Hall–Kier alpha value is -2.37. The largest absolute Gasteiger partial charge is 0.385 e. The number of ether oxygens (including phenoxy) is 1. The van der Waals surface area contributed by atoms with Crippen molar-refractivity contribution < 1.29 is 14.3 Å². The van der Waals surface area contributed by atoms with E-state index in [1.54, 1.807) is 49.6 Å². The standard InChI is InChI=1S/C19H21ClN2O3/c1-13-11-16(20)7-8-17(13)22-19(24)15-6-3-5-14(12-15)18(23)21-9-4-10-25-2/h3,5-8,11-12H,4,9-10H2,1-2H3,(H,21,23)(H,22,24). The molecule has 2 rings (SSSR count). The van der Waals surface area contributed by atoms with Crippen molar-refractivity contribution >= 4 is 29.1 Å². The molecule has 0 radical (unpaired) electrons. The van der Waals surface area contributed by atoms with Crippen LogP contribution in [0.3, 0.4) is 0 Å². The minimum atomic E-state index is -0.278. The summed E-state index contributed by atoms with van der Waals surface area (Å²) in [6, 6.07) is 11.9. The molecule has 25 heavy (non-hydrogen) atoms. The van der Waals surface area contributed by atoms with Crippen molar-refractivity contribution in [3.05, 3.63) is 64.2 Å². The van der Waals surface area contributed by atoms with Crippen molar-refractivity contribution in [1.29, 1.82) is 0 Å². The molecule has 2 aromatic rings. The molecule has 0 saturated heterocycles. The van der Waals surface area contributed by atoms with Crippen molar-refractivity contribution in [2.75, 3.05) is 25.6 Å². The van der Waals surface area contributed by atoms with Gasteiger partial charge in [0.2, 0.25) is 0 Å². The van der Waals surface area contributed by atoms with Crippen LogP contribution in [-0.2, 0) is 4.74 Å². The first-order chi connectivity index (χ1) is 12.0. The van der Waals surface area contributed by atoms with Crippen LogP contribution in [-0.4, -0.2) is 32.1 Å². The summed E-state index contributed by atoms with van der Waals surface area (Å²) in [7, 11) is 1.62. The van der Waals surface area contributed by atoms with Gasteiger partial charge < -0.3 is 15.4 Å². The highest BCUT2D eigenvalue weighted by atomic mass is 35.5. The first-order valence-corrected chi connectivity index (χ1v) is 8.34. The Morgan fingerprint density at radius 3 is 2.48 bits per heavy atom. The summed E-state index contributed by atoms with van der Waals surface area (Å²) in [5, 5.41) is 6.25. The van der Waals surface area contributed by atoms with Crippen LogP contribution in [0.15, 0.2) is 42.5 Å². The highest BCUT2D eigenvalue weighted by molar-refractivity contribution is 6.30. The number of hydrogen-bond donors (Lipinski definition) is 2. The van der Waals surface area contributed by atoms with Gasteiger partial charge in [-0.1, -0.05) is 17.7 Å². The summed E-state index contributed by atoms with van der Waals surface area (Å²) in [4.78, 5) is 24.6. The molecule has 0 aliphatic rings. The Bertz CT molecular complexity index is 762. The third-order valence-corrected chi connectivity index (χ3v) is 3.87. The van der Waals surface area contributed by atoms with Gasteiger partial charge in [0.15, 0.2) is 0 Å². The van der Waals surface area contributed by atoms with Gasteiger partial charge in [-0.25, -0.2) is 0 Å². The second-order valence-electron chi connectivity index (χ2n) is 5.60. The van der Waals surface area contributed by atoms with Gasteiger partial charge in [0.1, 0.15) is 0 Å². The Morgan fingerprint density at radius 1 is 1.08 bits per heavy atom. The predicted molar refractivity (Wildman–Crippen MR) is 99.4 cm³/mol. The molecule has 0 bridgehead atoms. The summed E-state index contributed by atoms with van der Waals surface area (Å²) >= 11 is 5.92. The quantitative estimate of drug-likeness (QED) is 0.740. The maximum absolute atomic E-state index is 12.4. The fourth-order valence-electron chi connectivity index (χ4n) is 2.28. The normalized spacial score (nSPS) is 10.4. The van der Waals surface area contributed by atoms with Crippen LogP contribution in [0, 0.1) is 6.92 Å². The lowest BCUT2D eigenvalue weighted by Gasteiger charge is -2.10. The van der Waals surface area contributed by atoms with Gasteiger partial charge in [0, 0.05) is 42.1 Å². The van der Waals surface area contributed by atoms with Crippen molar-refractivity contribution in [2.45, 2.75) is 13.3 Å². The number of nitrogens with one attached hydrogen (secondary N) is 2. The van der Waals surface area contributed by atoms with Crippen molar-refractivity contribution in [1.82, 2.24) is 5.32 Å². The van der Waals surface area contributed by atoms with Crippen LogP contribution >= 0.6 is 11.6 Å². The summed E-state index contributed by atoms with van der Waals surface area (Å²) in [5.41, 5.74) is 2.41. The van der Waals surface area contributed by atoms with E-state index in [0.29, 0.717) is 35.0 Å². The fourth-order valence-corrected chi connectivity index (χ4v) is 2.51. The highest BCUT2D eigenvalue weighted by Crippen LogP contribution is 2.20. The predicted octanol–water partition coefficient (Wildman–Crippen LogP) is 3.67. The smallest absolute Gasteiger partial charge is 0.255 e. The molecule has 0 aliphatic carbocycles. The second-order valence-corrected chi connectivity index (χ2v) is 6.03. The zero-order chi connectivity index (χ0) is 18.2. The van der Waals surface area contributed by atoms with Crippen molar-refractivity contribution in [3.63, 3.8) is 0 Å². The van der Waals surface area contributed by atoms with Crippen LogP contribution in [0.1, 0.15) is 32.7 Å². The van der Waals surface area contributed by atoms with E-state index in [2.05, 4.69) is 10.6 Å². The molecule has 0 atom stereocenters. The Balaban J connectivity index is 2.04. The minimum absolute atomic E-state index is 0.214. The molecule has 0 saturated carbocycles. The van der Waals surface area contributed by atoms with Gasteiger partial charge in [-0.05, 0) is 55.3 Å². The van der Waals surface area contributed by atoms with E-state index in [9.17, 15) is 9.59 Å². The van der Waals surface area contributed by atoms with Gasteiger partial charge in [-0.15, -0.1) is 0 Å². The third kappa shape index (κ3) is 5.59. The maximum Gasteiger partial charge on any atom is 0.255 e. The van der Waals surface area contributed by atoms with Crippen molar-refractivity contribution in [2.24, 2.45) is 0 Å². The zero-order valence-corrected chi connectivity index (χ0v) is 15.0. The lowest BCUT2D eigenvalue weighted by Crippen LogP contribution is -2.25.